The molecule has 1 heteroatoms. The van der Waals surface area contributed by atoms with Crippen molar-refractivity contribution in [3.63, 3.8) is 0 Å². The summed E-state index contributed by atoms with van der Waals surface area (Å²) in [6, 6.07) is 31.2. The summed E-state index contributed by atoms with van der Waals surface area (Å²) in [6.45, 7) is 6.37. The molecule has 0 amide bonds. The maximum Gasteiger partial charge on any atom is 0.0540 e. The van der Waals surface area contributed by atoms with Crippen LogP contribution >= 0.6 is 0 Å². The number of anilines is 3. The van der Waals surface area contributed by atoms with Crippen molar-refractivity contribution in [2.45, 2.75) is 20.8 Å². The van der Waals surface area contributed by atoms with E-state index < -0.39 is 0 Å². The van der Waals surface area contributed by atoms with Gasteiger partial charge in [0.25, 0.3) is 0 Å². The summed E-state index contributed by atoms with van der Waals surface area (Å²) in [7, 11) is 0. The average molecular weight is 388 g/mol. The van der Waals surface area contributed by atoms with Crippen molar-refractivity contribution >= 4 is 23.1 Å². The highest BCUT2D eigenvalue weighted by atomic mass is 15.1. The Kier molecular flexibility index (Phi) is 4.52. The maximum atomic E-state index is 2.41. The van der Waals surface area contributed by atoms with Crippen molar-refractivity contribution in [2.24, 2.45) is 0 Å². The largest absolute Gasteiger partial charge is 0.309 e. The first-order valence-corrected chi connectivity index (χ1v) is 10.5. The van der Waals surface area contributed by atoms with Crippen LogP contribution in [-0.2, 0) is 0 Å². The molecule has 0 spiro atoms. The molecule has 30 heavy (non-hydrogen) atoms. The van der Waals surface area contributed by atoms with Crippen molar-refractivity contribution < 1.29 is 0 Å². The quantitative estimate of drug-likeness (QED) is 0.294. The Morgan fingerprint density at radius 2 is 1.20 bits per heavy atom. The van der Waals surface area contributed by atoms with Gasteiger partial charge in [0, 0.05) is 16.8 Å². The van der Waals surface area contributed by atoms with Crippen LogP contribution in [0.15, 0.2) is 91.0 Å². The summed E-state index contributed by atoms with van der Waals surface area (Å²) < 4.78 is 0. The van der Waals surface area contributed by atoms with Crippen molar-refractivity contribution in [1.29, 1.82) is 0 Å². The molecular formula is C29H25N. The van der Waals surface area contributed by atoms with E-state index in [9.17, 15) is 0 Å². The first-order chi connectivity index (χ1) is 14.7. The summed E-state index contributed by atoms with van der Waals surface area (Å²) in [5.74, 6) is 0. The van der Waals surface area contributed by atoms with Crippen LogP contribution in [0.2, 0.25) is 0 Å². The van der Waals surface area contributed by atoms with Gasteiger partial charge in [-0.3, -0.25) is 0 Å². The lowest BCUT2D eigenvalue weighted by Gasteiger charge is -2.27. The van der Waals surface area contributed by atoms with Gasteiger partial charge in [0.15, 0.2) is 0 Å². The number of allylic oxidation sites excluding steroid dienone is 1. The summed E-state index contributed by atoms with van der Waals surface area (Å²) >= 11 is 0. The van der Waals surface area contributed by atoms with Crippen LogP contribution < -0.4 is 4.90 Å². The molecule has 4 aromatic rings. The second-order valence-corrected chi connectivity index (χ2v) is 8.01. The van der Waals surface area contributed by atoms with Gasteiger partial charge in [-0.1, -0.05) is 71.8 Å². The van der Waals surface area contributed by atoms with Gasteiger partial charge in [-0.25, -0.2) is 0 Å². The minimum atomic E-state index is 1.18. The molecule has 0 atom stereocenters. The summed E-state index contributed by atoms with van der Waals surface area (Å²) in [6.07, 6.45) is 4.27. The van der Waals surface area contributed by atoms with Gasteiger partial charge in [0.1, 0.15) is 0 Å². The monoisotopic (exact) mass is 387 g/mol. The smallest absolute Gasteiger partial charge is 0.0540 e. The zero-order chi connectivity index (χ0) is 20.7. The van der Waals surface area contributed by atoms with E-state index in [1.54, 1.807) is 0 Å². The first kappa shape index (κ1) is 18.4. The van der Waals surface area contributed by atoms with Crippen LogP contribution in [-0.4, -0.2) is 0 Å². The minimum Gasteiger partial charge on any atom is -0.309 e. The second-order valence-electron chi connectivity index (χ2n) is 8.01. The van der Waals surface area contributed by atoms with Crippen molar-refractivity contribution in [3.05, 3.63) is 108 Å². The van der Waals surface area contributed by atoms with Crippen LogP contribution in [0.5, 0.6) is 0 Å². The Hall–Kier alpha value is -3.58. The lowest BCUT2D eigenvalue weighted by molar-refractivity contribution is 1.28. The molecule has 0 unspecified atom stereocenters. The Morgan fingerprint density at radius 1 is 0.600 bits per heavy atom. The number of nitrogens with zero attached hydrogens (tertiary/aromatic N) is 1. The zero-order valence-corrected chi connectivity index (χ0v) is 17.7. The number of hydrogen-bond acceptors (Lipinski definition) is 1. The molecule has 1 aliphatic rings. The molecule has 4 aromatic carbocycles. The highest BCUT2D eigenvalue weighted by Crippen LogP contribution is 2.51. The number of benzene rings is 4. The summed E-state index contributed by atoms with van der Waals surface area (Å²) in [4.78, 5) is 2.41. The predicted octanol–water partition coefficient (Wildman–Crippen LogP) is 8.45. The van der Waals surface area contributed by atoms with E-state index in [0.717, 1.165) is 0 Å². The fourth-order valence-electron chi connectivity index (χ4n) is 4.38. The Balaban J connectivity index is 1.89. The van der Waals surface area contributed by atoms with E-state index in [4.69, 9.17) is 0 Å². The van der Waals surface area contributed by atoms with Crippen molar-refractivity contribution in [1.82, 2.24) is 0 Å². The molecule has 146 valence electrons. The van der Waals surface area contributed by atoms with E-state index in [2.05, 4.69) is 123 Å². The first-order valence-electron chi connectivity index (χ1n) is 10.5. The molecule has 0 aromatic heterocycles. The lowest BCUT2D eigenvalue weighted by Crippen LogP contribution is -2.11. The van der Waals surface area contributed by atoms with E-state index in [1.807, 2.05) is 0 Å². The highest BCUT2D eigenvalue weighted by Gasteiger charge is 2.26. The van der Waals surface area contributed by atoms with Gasteiger partial charge in [0.2, 0.25) is 0 Å². The molecule has 0 N–H and O–H groups in total. The molecule has 1 aliphatic heterocycles. The zero-order valence-electron chi connectivity index (χ0n) is 17.7. The van der Waals surface area contributed by atoms with Crippen molar-refractivity contribution in [2.75, 3.05) is 4.90 Å². The third-order valence-electron chi connectivity index (χ3n) is 5.81. The highest BCUT2D eigenvalue weighted by molar-refractivity contribution is 6.02. The molecule has 0 fully saturated rings. The fourth-order valence-corrected chi connectivity index (χ4v) is 4.38. The van der Waals surface area contributed by atoms with E-state index in [0.29, 0.717) is 0 Å². The Labute approximate surface area is 178 Å². The number of hydrogen-bond donors (Lipinski definition) is 0. The molecule has 0 radical (unpaired) electrons. The van der Waals surface area contributed by atoms with E-state index in [1.165, 1.54) is 56.0 Å². The minimum absolute atomic E-state index is 1.18. The standard InChI is InChI=1S/C29H25N/c1-4-7-22-13-17-29-27(19-22)25-9-6-5-8-24(25)26-18-21(3)12-16-28(26)30(29)23-14-10-20(2)11-15-23/h4-19H,1-3H3. The van der Waals surface area contributed by atoms with Crippen LogP contribution in [0.1, 0.15) is 23.6 Å². The normalized spacial score (nSPS) is 12.3. The van der Waals surface area contributed by atoms with Crippen molar-refractivity contribution in [3.8, 4) is 22.3 Å². The van der Waals surface area contributed by atoms with Crippen LogP contribution in [0.4, 0.5) is 17.1 Å². The van der Waals surface area contributed by atoms with E-state index in [-0.39, 0.29) is 0 Å². The predicted molar refractivity (Wildman–Crippen MR) is 130 cm³/mol. The third-order valence-corrected chi connectivity index (χ3v) is 5.81. The van der Waals surface area contributed by atoms with Gasteiger partial charge < -0.3 is 4.90 Å². The fraction of sp³-hybridized carbons (Fsp3) is 0.103. The Morgan fingerprint density at radius 3 is 1.87 bits per heavy atom. The number of rotatable bonds is 2. The van der Waals surface area contributed by atoms with E-state index >= 15 is 0 Å². The summed E-state index contributed by atoms with van der Waals surface area (Å²) in [5.41, 5.74) is 12.5. The topological polar surface area (TPSA) is 3.24 Å². The van der Waals surface area contributed by atoms with Crippen LogP contribution in [0.25, 0.3) is 28.3 Å². The molecule has 1 nitrogen and oxygen atoms in total. The summed E-state index contributed by atoms with van der Waals surface area (Å²) in [5, 5.41) is 0. The Bertz CT molecular complexity index is 1260. The number of aryl methyl sites for hydroxylation is 2. The average Bonchev–Trinajstić information content (AvgIpc) is 2.88. The lowest BCUT2D eigenvalue weighted by atomic mass is 9.93. The van der Waals surface area contributed by atoms with Gasteiger partial charge >= 0.3 is 0 Å². The SMILES string of the molecule is CC=Cc1ccc2c(c1)-c1ccccc1-c1cc(C)ccc1N2c1ccc(C)cc1. The van der Waals surface area contributed by atoms with Crippen LogP contribution in [0, 0.1) is 13.8 Å². The van der Waals surface area contributed by atoms with Crippen LogP contribution in [0.3, 0.4) is 0 Å². The molecule has 0 saturated heterocycles. The van der Waals surface area contributed by atoms with Gasteiger partial charge in [-0.2, -0.15) is 0 Å². The van der Waals surface area contributed by atoms with Gasteiger partial charge in [0.05, 0.1) is 11.4 Å². The molecule has 0 bridgehead atoms. The molecule has 1 heterocycles. The molecule has 0 saturated carbocycles. The third kappa shape index (κ3) is 3.04. The van der Waals surface area contributed by atoms with Gasteiger partial charge in [-0.15, -0.1) is 0 Å². The van der Waals surface area contributed by atoms with Gasteiger partial charge in [-0.05, 0) is 73.9 Å². The molecular weight excluding hydrogens is 362 g/mol. The molecule has 5 rings (SSSR count). The number of fused-ring (bicyclic) bond motifs is 5. The second kappa shape index (κ2) is 7.35. The maximum absolute atomic E-state index is 2.41. The molecule has 0 aliphatic carbocycles.